The van der Waals surface area contributed by atoms with Gasteiger partial charge in [-0.1, -0.05) is 0 Å². The van der Waals surface area contributed by atoms with Crippen molar-refractivity contribution in [1.82, 2.24) is 10.2 Å². The Hall–Kier alpha value is -3.35. The number of sulfone groups is 1. The Balaban J connectivity index is 1.39. The first-order valence-electron chi connectivity index (χ1n) is 12.4. The van der Waals surface area contributed by atoms with Gasteiger partial charge in [-0.2, -0.15) is 0 Å². The van der Waals surface area contributed by atoms with Crippen LogP contribution in [-0.2, 0) is 14.6 Å². The number of carbonyl (C=O) groups excluding carboxylic acids is 2. The number of amides is 2. The van der Waals surface area contributed by atoms with Crippen LogP contribution in [0.5, 0.6) is 5.75 Å². The molecule has 4 rings (SSSR count). The molecule has 1 atom stereocenters. The van der Waals surface area contributed by atoms with E-state index in [9.17, 15) is 35.6 Å². The molecule has 1 saturated carbocycles. The highest BCUT2D eigenvalue weighted by molar-refractivity contribution is 7.90. The van der Waals surface area contributed by atoms with E-state index in [1.165, 1.54) is 12.1 Å². The number of rotatable bonds is 8. The van der Waals surface area contributed by atoms with E-state index in [2.05, 4.69) is 15.4 Å². The van der Waals surface area contributed by atoms with Gasteiger partial charge < -0.3 is 20.3 Å². The highest BCUT2D eigenvalue weighted by Crippen LogP contribution is 2.35. The predicted molar refractivity (Wildman–Crippen MR) is 134 cm³/mol. The van der Waals surface area contributed by atoms with E-state index < -0.39 is 45.3 Å². The molecule has 0 aromatic heterocycles. The molecule has 2 fully saturated rings. The average Bonchev–Trinajstić information content (AvgIpc) is 3.68. The van der Waals surface area contributed by atoms with Crippen molar-refractivity contribution in [2.45, 2.75) is 55.4 Å². The number of anilines is 1. The van der Waals surface area contributed by atoms with Crippen molar-refractivity contribution in [3.05, 3.63) is 53.8 Å². The third kappa shape index (κ3) is 7.40. The lowest BCUT2D eigenvalue weighted by Gasteiger charge is -2.41. The highest BCUT2D eigenvalue weighted by Gasteiger charge is 2.42. The number of alkyl halides is 3. The Bertz CT molecular complexity index is 1340. The molecule has 1 aliphatic carbocycles. The van der Waals surface area contributed by atoms with Crippen molar-refractivity contribution in [2.24, 2.45) is 5.92 Å². The Kier molecular flexibility index (Phi) is 7.84. The fraction of sp³-hybridized carbons (Fsp3) is 0.462. The molecule has 13 heteroatoms. The van der Waals surface area contributed by atoms with E-state index in [1.54, 1.807) is 17.0 Å². The molecule has 2 N–H and O–H groups in total. The number of halogens is 4. The van der Waals surface area contributed by atoms with Crippen molar-refractivity contribution in [1.29, 1.82) is 0 Å². The van der Waals surface area contributed by atoms with Gasteiger partial charge in [0.05, 0.1) is 10.5 Å². The summed E-state index contributed by atoms with van der Waals surface area (Å²) >= 11 is 0. The third-order valence-electron chi connectivity index (χ3n) is 6.97. The fourth-order valence-electron chi connectivity index (χ4n) is 4.58. The van der Waals surface area contributed by atoms with Crippen LogP contribution in [0.15, 0.2) is 47.4 Å². The van der Waals surface area contributed by atoms with Gasteiger partial charge in [-0.25, -0.2) is 12.8 Å². The van der Waals surface area contributed by atoms with Gasteiger partial charge in [0.25, 0.3) is 5.91 Å². The Labute approximate surface area is 223 Å². The van der Waals surface area contributed by atoms with Crippen LogP contribution in [0.25, 0.3) is 0 Å². The van der Waals surface area contributed by atoms with Crippen molar-refractivity contribution in [3.8, 4) is 5.75 Å². The number of likely N-dealkylation sites (tertiary alicyclic amines) is 1. The van der Waals surface area contributed by atoms with Gasteiger partial charge in [0, 0.05) is 30.6 Å². The highest BCUT2D eigenvalue weighted by atomic mass is 32.2. The summed E-state index contributed by atoms with van der Waals surface area (Å²) in [5.74, 6) is -3.23. The third-order valence-corrected chi connectivity index (χ3v) is 8.10. The number of nitrogens with zero attached hydrogens (tertiary/aromatic N) is 1. The molecule has 2 amide bonds. The topological polar surface area (TPSA) is 105 Å². The molecule has 2 aliphatic rings. The molecular formula is C26H29F4N3O5S. The maximum atomic E-state index is 14.3. The first kappa shape index (κ1) is 28.7. The second kappa shape index (κ2) is 10.7. The normalized spacial score (nSPS) is 18.3. The number of hydrogen-bond acceptors (Lipinski definition) is 6. The van der Waals surface area contributed by atoms with Crippen LogP contribution in [-0.4, -0.2) is 62.4 Å². The molecule has 1 saturated heterocycles. The fourth-order valence-corrected chi connectivity index (χ4v) is 5.21. The van der Waals surface area contributed by atoms with E-state index in [-0.39, 0.29) is 22.3 Å². The maximum Gasteiger partial charge on any atom is 0.573 e. The summed E-state index contributed by atoms with van der Waals surface area (Å²) in [6, 6.07) is 7.63. The Morgan fingerprint density at radius 3 is 2.23 bits per heavy atom. The van der Waals surface area contributed by atoms with Crippen LogP contribution in [0.1, 0.15) is 43.0 Å². The van der Waals surface area contributed by atoms with Crippen molar-refractivity contribution >= 4 is 27.3 Å². The largest absolute Gasteiger partial charge is 0.573 e. The predicted octanol–water partition coefficient (Wildman–Crippen LogP) is 4.13. The van der Waals surface area contributed by atoms with Crippen molar-refractivity contribution in [3.63, 3.8) is 0 Å². The van der Waals surface area contributed by atoms with Crippen molar-refractivity contribution in [2.75, 3.05) is 24.7 Å². The summed E-state index contributed by atoms with van der Waals surface area (Å²) in [6.07, 6.45) is -1.35. The number of ether oxygens (including phenoxy) is 1. The first-order chi connectivity index (χ1) is 18.1. The van der Waals surface area contributed by atoms with Gasteiger partial charge in [-0.3, -0.25) is 9.59 Å². The van der Waals surface area contributed by atoms with E-state index in [0.29, 0.717) is 50.9 Å². The second-order valence-electron chi connectivity index (χ2n) is 10.3. The minimum absolute atomic E-state index is 0.140. The molecule has 8 nitrogen and oxygen atoms in total. The molecule has 2 aromatic carbocycles. The molecular weight excluding hydrogens is 542 g/mol. The van der Waals surface area contributed by atoms with Gasteiger partial charge in [0.2, 0.25) is 5.91 Å². The number of nitrogens with one attached hydrogen (secondary N) is 2. The summed E-state index contributed by atoms with van der Waals surface area (Å²) in [4.78, 5) is 28.0. The Morgan fingerprint density at radius 2 is 1.69 bits per heavy atom. The van der Waals surface area contributed by atoms with E-state index >= 15 is 0 Å². The average molecular weight is 572 g/mol. The molecule has 1 aliphatic heterocycles. The number of carbonyl (C=O) groups is 2. The maximum absolute atomic E-state index is 14.3. The van der Waals surface area contributed by atoms with Gasteiger partial charge in [0.15, 0.2) is 9.84 Å². The quantitative estimate of drug-likeness (QED) is 0.462. The smallest absolute Gasteiger partial charge is 0.406 e. The molecule has 2 aromatic rings. The molecule has 0 spiro atoms. The number of benzene rings is 2. The summed E-state index contributed by atoms with van der Waals surface area (Å²) in [5, 5.41) is 5.93. The molecule has 1 unspecified atom stereocenters. The zero-order chi connectivity index (χ0) is 28.6. The second-order valence-corrected chi connectivity index (χ2v) is 12.3. The van der Waals surface area contributed by atoms with Crippen LogP contribution in [0.3, 0.4) is 0 Å². The van der Waals surface area contributed by atoms with Crippen LogP contribution in [0, 0.1) is 11.7 Å². The Morgan fingerprint density at radius 1 is 1.08 bits per heavy atom. The standard InChI is InChI=1S/C26H29F4N3O5S/c1-25(32-17-5-8-19(9-6-17)39(2,36)37)11-13-33(14-12-25)24(35)22(16-3-4-16)31-23(34)20-15-18(7-10-21(20)27)38-26(28,29)30/h5-10,15-16,22,32H,3-4,11-14H2,1-2H3,(H,31,34). The molecule has 1 heterocycles. The molecule has 212 valence electrons. The molecule has 0 bridgehead atoms. The van der Waals surface area contributed by atoms with Crippen LogP contribution in [0.2, 0.25) is 0 Å². The summed E-state index contributed by atoms with van der Waals surface area (Å²) in [7, 11) is -3.31. The minimum Gasteiger partial charge on any atom is -0.406 e. The zero-order valence-electron chi connectivity index (χ0n) is 21.3. The van der Waals surface area contributed by atoms with Gasteiger partial charge in [-0.15, -0.1) is 13.2 Å². The van der Waals surface area contributed by atoms with Crippen molar-refractivity contribution < 1.29 is 40.3 Å². The summed E-state index contributed by atoms with van der Waals surface area (Å²) < 4.78 is 79.1. The van der Waals surface area contributed by atoms with Gasteiger partial charge in [0.1, 0.15) is 17.6 Å². The zero-order valence-corrected chi connectivity index (χ0v) is 22.2. The van der Waals surface area contributed by atoms with Crippen LogP contribution in [0.4, 0.5) is 23.2 Å². The lowest BCUT2D eigenvalue weighted by Crippen LogP contribution is -2.55. The minimum atomic E-state index is -5.00. The van der Waals surface area contributed by atoms with Crippen LogP contribution < -0.4 is 15.4 Å². The van der Waals surface area contributed by atoms with Gasteiger partial charge >= 0.3 is 6.36 Å². The molecule has 0 radical (unpaired) electrons. The van der Waals surface area contributed by atoms with E-state index in [0.717, 1.165) is 18.0 Å². The lowest BCUT2D eigenvalue weighted by atomic mass is 9.88. The number of piperidine rings is 1. The SMILES string of the molecule is CC1(Nc2ccc(S(C)(=O)=O)cc2)CCN(C(=O)C(NC(=O)c2cc(OC(F)(F)F)ccc2F)C2CC2)CC1. The van der Waals surface area contributed by atoms with E-state index in [1.807, 2.05) is 6.92 Å². The van der Waals surface area contributed by atoms with Crippen LogP contribution >= 0.6 is 0 Å². The first-order valence-corrected chi connectivity index (χ1v) is 14.3. The lowest BCUT2D eigenvalue weighted by molar-refractivity contribution is -0.274. The van der Waals surface area contributed by atoms with E-state index in [4.69, 9.17) is 0 Å². The van der Waals surface area contributed by atoms with Gasteiger partial charge in [-0.05, 0) is 81.0 Å². The summed E-state index contributed by atoms with van der Waals surface area (Å²) in [6.45, 7) is 2.76. The number of hydrogen-bond donors (Lipinski definition) is 2. The molecule has 39 heavy (non-hydrogen) atoms. The summed E-state index contributed by atoms with van der Waals surface area (Å²) in [5.41, 5.74) is -0.275. The monoisotopic (exact) mass is 571 g/mol.